The third-order valence-electron chi connectivity index (χ3n) is 3.92. The number of carbonyl (C=O) groups is 2. The maximum atomic E-state index is 12.5. The first-order valence-electron chi connectivity index (χ1n) is 7.30. The van der Waals surface area contributed by atoms with Crippen molar-refractivity contribution in [3.63, 3.8) is 0 Å². The molecule has 5 nitrogen and oxygen atoms in total. The van der Waals surface area contributed by atoms with E-state index in [2.05, 4.69) is 10.2 Å². The van der Waals surface area contributed by atoms with Crippen LogP contribution < -0.4 is 5.32 Å². The van der Waals surface area contributed by atoms with E-state index in [-0.39, 0.29) is 11.8 Å². The Bertz CT molecular complexity index is 534. The fraction of sp³-hybridized carbons (Fsp3) is 0.500. The van der Waals surface area contributed by atoms with Crippen LogP contribution in [0, 0.1) is 13.8 Å². The van der Waals surface area contributed by atoms with E-state index >= 15 is 0 Å². The number of rotatable bonds is 3. The Morgan fingerprint density at radius 2 is 1.81 bits per heavy atom. The van der Waals surface area contributed by atoms with Crippen molar-refractivity contribution in [1.29, 1.82) is 0 Å². The SMILES string of the molecule is CNC(=O)CN1CCN(C(=O)c2ccc(C)cc2C)CC1. The highest BCUT2D eigenvalue weighted by Crippen LogP contribution is 2.14. The van der Waals surface area contributed by atoms with Crippen molar-refractivity contribution in [2.24, 2.45) is 0 Å². The van der Waals surface area contributed by atoms with Crippen molar-refractivity contribution in [3.05, 3.63) is 34.9 Å². The molecule has 21 heavy (non-hydrogen) atoms. The quantitative estimate of drug-likeness (QED) is 0.896. The normalized spacial score (nSPS) is 15.9. The summed E-state index contributed by atoms with van der Waals surface area (Å²) in [6, 6.07) is 5.92. The number of benzene rings is 1. The molecule has 0 unspecified atom stereocenters. The maximum Gasteiger partial charge on any atom is 0.254 e. The molecule has 1 aliphatic rings. The van der Waals surface area contributed by atoms with Crippen molar-refractivity contribution >= 4 is 11.8 Å². The second kappa shape index (κ2) is 6.72. The summed E-state index contributed by atoms with van der Waals surface area (Å²) < 4.78 is 0. The summed E-state index contributed by atoms with van der Waals surface area (Å²) in [5.41, 5.74) is 2.97. The average Bonchev–Trinajstić information content (AvgIpc) is 2.47. The predicted molar refractivity (Wildman–Crippen MR) is 82.3 cm³/mol. The fourth-order valence-electron chi connectivity index (χ4n) is 2.62. The predicted octanol–water partition coefficient (Wildman–Crippen LogP) is 0.807. The van der Waals surface area contributed by atoms with Gasteiger partial charge < -0.3 is 10.2 Å². The van der Waals surface area contributed by atoms with Gasteiger partial charge in [0.05, 0.1) is 6.54 Å². The smallest absolute Gasteiger partial charge is 0.254 e. The molecule has 1 aromatic carbocycles. The molecule has 1 N–H and O–H groups in total. The molecule has 0 spiro atoms. The Kier molecular flexibility index (Phi) is 4.96. The molecular formula is C16H23N3O2. The van der Waals surface area contributed by atoms with Crippen LogP contribution in [-0.2, 0) is 4.79 Å². The van der Waals surface area contributed by atoms with Crippen LogP contribution in [0.25, 0.3) is 0 Å². The van der Waals surface area contributed by atoms with Crippen LogP contribution in [0.15, 0.2) is 18.2 Å². The largest absolute Gasteiger partial charge is 0.358 e. The van der Waals surface area contributed by atoms with E-state index in [9.17, 15) is 9.59 Å². The van der Waals surface area contributed by atoms with Gasteiger partial charge in [-0.2, -0.15) is 0 Å². The molecule has 2 rings (SSSR count). The molecule has 1 aliphatic heterocycles. The van der Waals surface area contributed by atoms with Crippen LogP contribution in [0.3, 0.4) is 0 Å². The molecule has 0 atom stereocenters. The van der Waals surface area contributed by atoms with E-state index < -0.39 is 0 Å². The molecule has 1 aromatic rings. The Morgan fingerprint density at radius 3 is 2.38 bits per heavy atom. The molecule has 0 radical (unpaired) electrons. The third kappa shape index (κ3) is 3.82. The van der Waals surface area contributed by atoms with Crippen LogP contribution in [-0.4, -0.2) is 61.4 Å². The standard InChI is InChI=1S/C16H23N3O2/c1-12-4-5-14(13(2)10-12)16(21)19-8-6-18(7-9-19)11-15(20)17-3/h4-5,10H,6-9,11H2,1-3H3,(H,17,20). The van der Waals surface area contributed by atoms with Gasteiger partial charge in [-0.1, -0.05) is 17.7 Å². The molecule has 0 bridgehead atoms. The number of nitrogens with zero attached hydrogens (tertiary/aromatic N) is 2. The monoisotopic (exact) mass is 289 g/mol. The van der Waals surface area contributed by atoms with Gasteiger partial charge in [0.25, 0.3) is 5.91 Å². The Morgan fingerprint density at radius 1 is 1.14 bits per heavy atom. The van der Waals surface area contributed by atoms with Crippen LogP contribution in [0.1, 0.15) is 21.5 Å². The fourth-order valence-corrected chi connectivity index (χ4v) is 2.62. The van der Waals surface area contributed by atoms with Gasteiger partial charge in [-0.05, 0) is 25.5 Å². The van der Waals surface area contributed by atoms with Gasteiger partial charge in [-0.15, -0.1) is 0 Å². The summed E-state index contributed by atoms with van der Waals surface area (Å²) in [5, 5.41) is 2.62. The number of piperazine rings is 1. The van der Waals surface area contributed by atoms with E-state index in [0.29, 0.717) is 19.6 Å². The highest BCUT2D eigenvalue weighted by Gasteiger charge is 2.23. The third-order valence-corrected chi connectivity index (χ3v) is 3.92. The molecule has 1 saturated heterocycles. The van der Waals surface area contributed by atoms with Gasteiger partial charge in [0, 0.05) is 38.8 Å². The summed E-state index contributed by atoms with van der Waals surface area (Å²) in [4.78, 5) is 27.9. The van der Waals surface area contributed by atoms with E-state index in [4.69, 9.17) is 0 Å². The topological polar surface area (TPSA) is 52.7 Å². The molecule has 0 saturated carbocycles. The highest BCUT2D eigenvalue weighted by atomic mass is 16.2. The number of hydrogen-bond acceptors (Lipinski definition) is 3. The van der Waals surface area contributed by atoms with Crippen molar-refractivity contribution in [3.8, 4) is 0 Å². The Labute approximate surface area is 125 Å². The Balaban J connectivity index is 1.95. The lowest BCUT2D eigenvalue weighted by atomic mass is 10.0. The molecule has 1 fully saturated rings. The number of hydrogen-bond donors (Lipinski definition) is 1. The lowest BCUT2D eigenvalue weighted by Gasteiger charge is -2.34. The molecular weight excluding hydrogens is 266 g/mol. The summed E-state index contributed by atoms with van der Waals surface area (Å²) in [7, 11) is 1.64. The van der Waals surface area contributed by atoms with E-state index in [1.165, 1.54) is 5.56 Å². The number of nitrogens with one attached hydrogen (secondary N) is 1. The van der Waals surface area contributed by atoms with Gasteiger partial charge >= 0.3 is 0 Å². The molecule has 114 valence electrons. The summed E-state index contributed by atoms with van der Waals surface area (Å²) in [5.74, 6) is 0.108. The zero-order valence-corrected chi connectivity index (χ0v) is 13.0. The maximum absolute atomic E-state index is 12.5. The second-order valence-electron chi connectivity index (χ2n) is 5.56. The Hall–Kier alpha value is -1.88. The average molecular weight is 289 g/mol. The minimum absolute atomic E-state index is 0.0177. The van der Waals surface area contributed by atoms with Gasteiger partial charge in [0.2, 0.25) is 5.91 Å². The van der Waals surface area contributed by atoms with E-state index in [0.717, 1.165) is 24.2 Å². The summed E-state index contributed by atoms with van der Waals surface area (Å²) >= 11 is 0. The van der Waals surface area contributed by atoms with Gasteiger partial charge in [0.1, 0.15) is 0 Å². The molecule has 1 heterocycles. The zero-order valence-electron chi connectivity index (χ0n) is 13.0. The minimum Gasteiger partial charge on any atom is -0.358 e. The number of likely N-dealkylation sites (N-methyl/N-ethyl adjacent to an activating group) is 1. The first kappa shape index (κ1) is 15.5. The zero-order chi connectivity index (χ0) is 15.4. The van der Waals surface area contributed by atoms with Crippen molar-refractivity contribution in [2.75, 3.05) is 39.8 Å². The van der Waals surface area contributed by atoms with Crippen LogP contribution in [0.5, 0.6) is 0 Å². The first-order valence-corrected chi connectivity index (χ1v) is 7.30. The van der Waals surface area contributed by atoms with Crippen LogP contribution >= 0.6 is 0 Å². The van der Waals surface area contributed by atoms with Crippen molar-refractivity contribution < 1.29 is 9.59 Å². The van der Waals surface area contributed by atoms with E-state index in [1.54, 1.807) is 7.05 Å². The molecule has 0 aromatic heterocycles. The number of carbonyl (C=O) groups excluding carboxylic acids is 2. The van der Waals surface area contributed by atoms with Gasteiger partial charge in [0.15, 0.2) is 0 Å². The molecule has 5 heteroatoms. The number of amides is 2. The summed E-state index contributed by atoms with van der Waals surface area (Å²) in [6.07, 6.45) is 0. The van der Waals surface area contributed by atoms with Gasteiger partial charge in [-0.3, -0.25) is 14.5 Å². The highest BCUT2D eigenvalue weighted by molar-refractivity contribution is 5.95. The van der Waals surface area contributed by atoms with Crippen LogP contribution in [0.2, 0.25) is 0 Å². The minimum atomic E-state index is 0.0177. The van der Waals surface area contributed by atoms with Crippen molar-refractivity contribution in [2.45, 2.75) is 13.8 Å². The van der Waals surface area contributed by atoms with Crippen LogP contribution in [0.4, 0.5) is 0 Å². The first-order chi connectivity index (χ1) is 10.0. The summed E-state index contributed by atoms with van der Waals surface area (Å²) in [6.45, 7) is 7.23. The number of aryl methyl sites for hydroxylation is 2. The van der Waals surface area contributed by atoms with Gasteiger partial charge in [-0.25, -0.2) is 0 Å². The van der Waals surface area contributed by atoms with Crippen molar-refractivity contribution in [1.82, 2.24) is 15.1 Å². The molecule has 2 amide bonds. The van der Waals surface area contributed by atoms with E-state index in [1.807, 2.05) is 36.9 Å². The second-order valence-corrected chi connectivity index (χ2v) is 5.56. The lowest BCUT2D eigenvalue weighted by Crippen LogP contribution is -2.51. The molecule has 0 aliphatic carbocycles. The lowest BCUT2D eigenvalue weighted by molar-refractivity contribution is -0.122.